The minimum atomic E-state index is -2.85. The predicted molar refractivity (Wildman–Crippen MR) is 77.4 cm³/mol. The summed E-state index contributed by atoms with van der Waals surface area (Å²) >= 11 is 0. The number of halogens is 2. The molecule has 1 aromatic rings. The Hall–Kier alpha value is -1.69. The van der Waals surface area contributed by atoms with Crippen molar-refractivity contribution < 1.29 is 18.3 Å². The molecule has 2 unspecified atom stereocenters. The highest BCUT2D eigenvalue weighted by Gasteiger charge is 2.16. The van der Waals surface area contributed by atoms with Crippen molar-refractivity contribution in [3.05, 3.63) is 29.8 Å². The molecule has 6 heteroatoms. The van der Waals surface area contributed by atoms with Gasteiger partial charge in [0.25, 0.3) is 0 Å². The highest BCUT2D eigenvalue weighted by Crippen LogP contribution is 2.20. The highest BCUT2D eigenvalue weighted by molar-refractivity contribution is 5.81. The minimum absolute atomic E-state index is 0.0799. The van der Waals surface area contributed by atoms with Crippen molar-refractivity contribution in [3.8, 4) is 5.75 Å². The Balaban J connectivity index is 2.62. The molecule has 2 atom stereocenters. The lowest BCUT2D eigenvalue weighted by Crippen LogP contribution is -2.43. The van der Waals surface area contributed by atoms with Gasteiger partial charge in [0, 0.05) is 12.6 Å². The van der Waals surface area contributed by atoms with Crippen LogP contribution >= 0.6 is 0 Å². The lowest BCUT2D eigenvalue weighted by Gasteiger charge is -2.20. The van der Waals surface area contributed by atoms with Crippen LogP contribution < -0.4 is 15.4 Å². The number of rotatable bonds is 8. The second-order valence-corrected chi connectivity index (χ2v) is 4.85. The van der Waals surface area contributed by atoms with E-state index in [-0.39, 0.29) is 23.7 Å². The molecule has 0 aliphatic carbocycles. The number of benzene rings is 1. The molecule has 0 bridgehead atoms. The Bertz CT molecular complexity index is 455. The molecule has 118 valence electrons. The molecule has 0 spiro atoms. The number of amides is 1. The molecule has 1 aromatic carbocycles. The zero-order valence-corrected chi connectivity index (χ0v) is 12.5. The summed E-state index contributed by atoms with van der Waals surface area (Å²) in [4.78, 5) is 11.8. The van der Waals surface area contributed by atoms with Gasteiger partial charge in [-0.05, 0) is 38.0 Å². The lowest BCUT2D eigenvalue weighted by atomic mass is 10.1. The van der Waals surface area contributed by atoms with Crippen LogP contribution in [0, 0.1) is 0 Å². The van der Waals surface area contributed by atoms with Gasteiger partial charge < -0.3 is 10.1 Å². The van der Waals surface area contributed by atoms with Gasteiger partial charge in [0.05, 0.1) is 6.04 Å². The van der Waals surface area contributed by atoms with Gasteiger partial charge in [-0.1, -0.05) is 19.1 Å². The van der Waals surface area contributed by atoms with E-state index >= 15 is 0 Å². The third-order valence-corrected chi connectivity index (χ3v) is 3.03. The summed E-state index contributed by atoms with van der Waals surface area (Å²) < 4.78 is 28.8. The van der Waals surface area contributed by atoms with Gasteiger partial charge in [-0.3, -0.25) is 10.1 Å². The van der Waals surface area contributed by atoms with Crippen LogP contribution in [0.15, 0.2) is 24.3 Å². The molecule has 4 nitrogen and oxygen atoms in total. The summed E-state index contributed by atoms with van der Waals surface area (Å²) in [7, 11) is 0. The molecule has 0 radical (unpaired) electrons. The molecule has 0 aliphatic heterocycles. The van der Waals surface area contributed by atoms with E-state index in [0.29, 0.717) is 6.54 Å². The molecular formula is C15H22F2N2O2. The molecule has 0 saturated heterocycles. The van der Waals surface area contributed by atoms with Crippen molar-refractivity contribution in [2.45, 2.75) is 45.9 Å². The summed E-state index contributed by atoms with van der Waals surface area (Å²) in [5.74, 6) is 0.0305. The van der Waals surface area contributed by atoms with Crippen LogP contribution in [0.1, 0.15) is 38.8 Å². The van der Waals surface area contributed by atoms with Crippen LogP contribution in [0.2, 0.25) is 0 Å². The first-order chi connectivity index (χ1) is 9.93. The molecule has 0 heterocycles. The second kappa shape index (κ2) is 8.56. The zero-order valence-electron chi connectivity index (χ0n) is 12.5. The molecule has 2 N–H and O–H groups in total. The van der Waals surface area contributed by atoms with E-state index in [9.17, 15) is 13.6 Å². The molecule has 1 amide bonds. The number of carbonyl (C=O) groups excluding carboxylic acids is 1. The van der Waals surface area contributed by atoms with Gasteiger partial charge in [0.1, 0.15) is 5.75 Å². The first-order valence-electron chi connectivity index (χ1n) is 7.02. The van der Waals surface area contributed by atoms with Crippen LogP contribution in [0.25, 0.3) is 0 Å². The van der Waals surface area contributed by atoms with E-state index in [1.807, 2.05) is 13.8 Å². The maximum absolute atomic E-state index is 12.2. The number of hydrogen-bond donors (Lipinski definition) is 2. The van der Waals surface area contributed by atoms with Crippen molar-refractivity contribution in [1.82, 2.24) is 10.6 Å². The fourth-order valence-corrected chi connectivity index (χ4v) is 1.91. The first-order valence-corrected chi connectivity index (χ1v) is 7.02. The summed E-state index contributed by atoms with van der Waals surface area (Å²) in [5, 5.41) is 5.93. The molecule has 21 heavy (non-hydrogen) atoms. The van der Waals surface area contributed by atoms with Crippen molar-refractivity contribution >= 4 is 5.91 Å². The van der Waals surface area contributed by atoms with Crippen molar-refractivity contribution in [2.24, 2.45) is 0 Å². The predicted octanol–water partition coefficient (Wildman–Crippen LogP) is 2.85. The van der Waals surface area contributed by atoms with Gasteiger partial charge >= 0.3 is 6.61 Å². The normalized spacial score (nSPS) is 13.8. The summed E-state index contributed by atoms with van der Waals surface area (Å²) in [6.45, 7) is 3.40. The van der Waals surface area contributed by atoms with E-state index in [1.165, 1.54) is 6.07 Å². The van der Waals surface area contributed by atoms with Gasteiger partial charge in [-0.15, -0.1) is 0 Å². The lowest BCUT2D eigenvalue weighted by molar-refractivity contribution is -0.122. The van der Waals surface area contributed by atoms with Crippen molar-refractivity contribution in [2.75, 3.05) is 6.54 Å². The monoisotopic (exact) mass is 300 g/mol. The van der Waals surface area contributed by atoms with Crippen molar-refractivity contribution in [3.63, 3.8) is 0 Å². The van der Waals surface area contributed by atoms with E-state index in [0.717, 1.165) is 12.0 Å². The van der Waals surface area contributed by atoms with E-state index in [1.54, 1.807) is 25.1 Å². The molecule has 0 aromatic heterocycles. The Labute approximate surface area is 123 Å². The fourth-order valence-electron chi connectivity index (χ4n) is 1.91. The quantitative estimate of drug-likeness (QED) is 0.776. The highest BCUT2D eigenvalue weighted by atomic mass is 19.3. The maximum atomic E-state index is 12.2. The number of alkyl halides is 2. The largest absolute Gasteiger partial charge is 0.435 e. The van der Waals surface area contributed by atoms with E-state index in [2.05, 4.69) is 15.4 Å². The Morgan fingerprint density at radius 1 is 1.33 bits per heavy atom. The zero-order chi connectivity index (χ0) is 15.8. The molecule has 0 fully saturated rings. The molecule has 0 saturated carbocycles. The number of nitrogens with one attached hydrogen (secondary N) is 2. The smallest absolute Gasteiger partial charge is 0.387 e. The standard InChI is InChI=1S/C15H22F2N2O2/c1-4-8-18-14(20)11(3)19-10(2)12-6-5-7-13(9-12)21-15(16)17/h5-7,9-11,15,19H,4,8H2,1-3H3,(H,18,20). The van der Waals surface area contributed by atoms with Crippen LogP contribution in [-0.4, -0.2) is 25.1 Å². The topological polar surface area (TPSA) is 50.4 Å². The Morgan fingerprint density at radius 3 is 2.67 bits per heavy atom. The number of hydrogen-bond acceptors (Lipinski definition) is 3. The molecule has 1 rings (SSSR count). The summed E-state index contributed by atoms with van der Waals surface area (Å²) in [6, 6.07) is 5.93. The maximum Gasteiger partial charge on any atom is 0.387 e. The average molecular weight is 300 g/mol. The SMILES string of the molecule is CCCNC(=O)C(C)NC(C)c1cccc(OC(F)F)c1. The van der Waals surface area contributed by atoms with Crippen LogP contribution in [0.4, 0.5) is 8.78 Å². The average Bonchev–Trinajstić information content (AvgIpc) is 2.44. The molecule has 0 aliphatic rings. The van der Waals surface area contributed by atoms with Gasteiger partial charge in [0.2, 0.25) is 5.91 Å². The van der Waals surface area contributed by atoms with Crippen LogP contribution in [0.3, 0.4) is 0 Å². The minimum Gasteiger partial charge on any atom is -0.435 e. The number of ether oxygens (including phenoxy) is 1. The number of carbonyl (C=O) groups is 1. The Kier molecular flexibility index (Phi) is 7.08. The third kappa shape index (κ3) is 6.08. The van der Waals surface area contributed by atoms with E-state index in [4.69, 9.17) is 0 Å². The summed E-state index contributed by atoms with van der Waals surface area (Å²) in [6.07, 6.45) is 0.876. The Morgan fingerprint density at radius 2 is 2.05 bits per heavy atom. The fraction of sp³-hybridized carbons (Fsp3) is 0.533. The summed E-state index contributed by atoms with van der Waals surface area (Å²) in [5.41, 5.74) is 0.781. The van der Waals surface area contributed by atoms with E-state index < -0.39 is 6.61 Å². The van der Waals surface area contributed by atoms with Gasteiger partial charge in [-0.2, -0.15) is 8.78 Å². The van der Waals surface area contributed by atoms with Crippen molar-refractivity contribution in [1.29, 1.82) is 0 Å². The third-order valence-electron chi connectivity index (χ3n) is 3.03. The van der Waals surface area contributed by atoms with Crippen LogP contribution in [-0.2, 0) is 4.79 Å². The molecular weight excluding hydrogens is 278 g/mol. The second-order valence-electron chi connectivity index (χ2n) is 4.85. The van der Waals surface area contributed by atoms with Crippen LogP contribution in [0.5, 0.6) is 5.75 Å². The first kappa shape index (κ1) is 17.4. The van der Waals surface area contributed by atoms with Gasteiger partial charge in [-0.25, -0.2) is 0 Å². The van der Waals surface area contributed by atoms with Gasteiger partial charge in [0.15, 0.2) is 0 Å².